The molecule has 0 fully saturated rings. The lowest BCUT2D eigenvalue weighted by molar-refractivity contribution is -0.131. The zero-order valence-corrected chi connectivity index (χ0v) is 8.80. The molecule has 0 aromatic carbocycles. The maximum atomic E-state index is 11.1. The molecule has 0 amide bonds. The largest absolute Gasteiger partial charge is 0.299 e. The quantitative estimate of drug-likeness (QED) is 0.376. The first-order valence-corrected chi connectivity index (χ1v) is 4.77. The number of allylic oxidation sites excluding steroid dienone is 1. The van der Waals surface area contributed by atoms with Crippen molar-refractivity contribution >= 4 is 23.2 Å². The number of rotatable bonds is 6. The van der Waals surface area contributed by atoms with Crippen molar-refractivity contribution in [1.82, 2.24) is 0 Å². The molecule has 1 unspecified atom stereocenters. The van der Waals surface area contributed by atoms with Gasteiger partial charge in [-0.25, -0.2) is 0 Å². The highest BCUT2D eigenvalue weighted by atomic mass is 35.5. The van der Waals surface area contributed by atoms with Crippen molar-refractivity contribution in [3.05, 3.63) is 12.7 Å². The fourth-order valence-electron chi connectivity index (χ4n) is 1.44. The molecule has 0 aliphatic heterocycles. The van der Waals surface area contributed by atoms with Crippen LogP contribution in [0.25, 0.3) is 0 Å². The minimum atomic E-state index is -0.559. The van der Waals surface area contributed by atoms with Gasteiger partial charge in [0.15, 0.2) is 0 Å². The molecule has 0 aromatic heterocycles. The van der Waals surface area contributed by atoms with Gasteiger partial charge in [0.05, 0.1) is 5.92 Å². The van der Waals surface area contributed by atoms with Crippen LogP contribution in [0.15, 0.2) is 12.7 Å². The number of hydrogen-bond donors (Lipinski definition) is 0. The lowest BCUT2D eigenvalue weighted by Gasteiger charge is -2.18. The molecule has 0 bridgehead atoms. The van der Waals surface area contributed by atoms with Gasteiger partial charge in [0.1, 0.15) is 11.6 Å². The molecule has 0 aromatic rings. The molecular formula is C10H15ClO2. The minimum absolute atomic E-state index is 0.109. The molecule has 3 heteroatoms. The van der Waals surface area contributed by atoms with E-state index in [1.165, 1.54) is 13.8 Å². The second-order valence-corrected chi connectivity index (χ2v) is 3.45. The Morgan fingerprint density at radius 3 is 2.08 bits per heavy atom. The van der Waals surface area contributed by atoms with Crippen LogP contribution < -0.4 is 0 Å². The third kappa shape index (κ3) is 3.73. The summed E-state index contributed by atoms with van der Waals surface area (Å²) in [7, 11) is 0. The number of Topliss-reactive ketones (excluding diaryl/α,β-unsaturated/α-hetero) is 2. The second-order valence-electron chi connectivity index (χ2n) is 3.08. The Kier molecular flexibility index (Phi) is 5.63. The summed E-state index contributed by atoms with van der Waals surface area (Å²) in [6.07, 6.45) is 2.25. The van der Waals surface area contributed by atoms with Gasteiger partial charge in [-0.05, 0) is 26.2 Å². The lowest BCUT2D eigenvalue weighted by Crippen LogP contribution is -2.27. The highest BCUT2D eigenvalue weighted by Crippen LogP contribution is 2.20. The van der Waals surface area contributed by atoms with Crippen LogP contribution in [-0.4, -0.2) is 17.4 Å². The molecule has 0 saturated carbocycles. The summed E-state index contributed by atoms with van der Waals surface area (Å²) >= 11 is 5.56. The molecule has 0 radical (unpaired) electrons. The Hall–Kier alpha value is -0.630. The van der Waals surface area contributed by atoms with Gasteiger partial charge in [-0.2, -0.15) is 0 Å². The van der Waals surface area contributed by atoms with Gasteiger partial charge in [0.25, 0.3) is 0 Å². The summed E-state index contributed by atoms with van der Waals surface area (Å²) in [6, 6.07) is 0. The van der Waals surface area contributed by atoms with Gasteiger partial charge in [0, 0.05) is 5.88 Å². The van der Waals surface area contributed by atoms with Crippen molar-refractivity contribution in [2.24, 2.45) is 11.8 Å². The Bertz CT molecular complexity index is 197. The molecule has 0 heterocycles. The van der Waals surface area contributed by atoms with Crippen molar-refractivity contribution in [2.45, 2.75) is 20.3 Å². The Morgan fingerprint density at radius 2 is 1.85 bits per heavy atom. The van der Waals surface area contributed by atoms with E-state index in [0.29, 0.717) is 12.3 Å². The molecule has 2 nitrogen and oxygen atoms in total. The molecule has 0 aliphatic rings. The van der Waals surface area contributed by atoms with E-state index in [9.17, 15) is 9.59 Å². The summed E-state index contributed by atoms with van der Waals surface area (Å²) < 4.78 is 0. The number of hydrogen-bond acceptors (Lipinski definition) is 2. The predicted molar refractivity (Wildman–Crippen MR) is 53.9 cm³/mol. The molecule has 13 heavy (non-hydrogen) atoms. The smallest absolute Gasteiger partial charge is 0.140 e. The van der Waals surface area contributed by atoms with Crippen LogP contribution in [0.1, 0.15) is 20.3 Å². The van der Waals surface area contributed by atoms with E-state index in [1.54, 1.807) is 6.08 Å². The summed E-state index contributed by atoms with van der Waals surface area (Å²) in [5.74, 6) is -0.456. The average Bonchev–Trinajstić information content (AvgIpc) is 2.02. The molecular weight excluding hydrogens is 188 g/mol. The van der Waals surface area contributed by atoms with E-state index >= 15 is 0 Å². The van der Waals surface area contributed by atoms with E-state index < -0.39 is 5.92 Å². The third-order valence-electron chi connectivity index (χ3n) is 2.05. The third-order valence-corrected chi connectivity index (χ3v) is 2.27. The van der Waals surface area contributed by atoms with E-state index in [0.717, 1.165) is 0 Å². The maximum Gasteiger partial charge on any atom is 0.140 e. The van der Waals surface area contributed by atoms with Gasteiger partial charge < -0.3 is 0 Å². The number of ketones is 2. The summed E-state index contributed by atoms with van der Waals surface area (Å²) in [4.78, 5) is 22.3. The van der Waals surface area contributed by atoms with Crippen LogP contribution in [0, 0.1) is 11.8 Å². The number of alkyl halides is 1. The number of halogens is 1. The van der Waals surface area contributed by atoms with Crippen LogP contribution in [0.3, 0.4) is 0 Å². The zero-order chi connectivity index (χ0) is 10.4. The topological polar surface area (TPSA) is 34.1 Å². The fourth-order valence-corrected chi connectivity index (χ4v) is 1.69. The molecule has 74 valence electrons. The van der Waals surface area contributed by atoms with Crippen molar-refractivity contribution < 1.29 is 9.59 Å². The lowest BCUT2D eigenvalue weighted by atomic mass is 9.84. The van der Waals surface area contributed by atoms with Crippen LogP contribution in [-0.2, 0) is 9.59 Å². The van der Waals surface area contributed by atoms with Gasteiger partial charge >= 0.3 is 0 Å². The monoisotopic (exact) mass is 202 g/mol. The van der Waals surface area contributed by atoms with Crippen LogP contribution >= 0.6 is 11.6 Å². The summed E-state index contributed by atoms with van der Waals surface area (Å²) in [5.41, 5.74) is 0. The van der Waals surface area contributed by atoms with Crippen LogP contribution in [0.4, 0.5) is 0 Å². The van der Waals surface area contributed by atoms with E-state index in [-0.39, 0.29) is 17.5 Å². The first-order chi connectivity index (χ1) is 6.04. The standard InChI is InChI=1S/C10H15ClO2/c1-4-9(5-6-11)10(7(2)12)8(3)13/h4,9-10H,1,5-6H2,2-3H3. The molecule has 0 aliphatic carbocycles. The second kappa shape index (κ2) is 5.92. The molecule has 0 saturated heterocycles. The SMILES string of the molecule is C=CC(CCCl)C(C(C)=O)C(C)=O. The first-order valence-electron chi connectivity index (χ1n) is 4.24. The first kappa shape index (κ1) is 12.4. The van der Waals surface area contributed by atoms with Crippen LogP contribution in [0.5, 0.6) is 0 Å². The molecule has 1 atom stereocenters. The van der Waals surface area contributed by atoms with Crippen LogP contribution in [0.2, 0.25) is 0 Å². The molecule has 0 spiro atoms. The highest BCUT2D eigenvalue weighted by Gasteiger charge is 2.26. The molecule has 0 rings (SSSR count). The minimum Gasteiger partial charge on any atom is -0.299 e. The highest BCUT2D eigenvalue weighted by molar-refractivity contribution is 6.17. The van der Waals surface area contributed by atoms with Gasteiger partial charge in [-0.1, -0.05) is 6.08 Å². The van der Waals surface area contributed by atoms with Crippen molar-refractivity contribution in [3.8, 4) is 0 Å². The Balaban J connectivity index is 4.58. The van der Waals surface area contributed by atoms with E-state index in [4.69, 9.17) is 11.6 Å². The van der Waals surface area contributed by atoms with E-state index in [2.05, 4.69) is 6.58 Å². The summed E-state index contributed by atoms with van der Waals surface area (Å²) in [6.45, 7) is 6.46. The number of carbonyl (C=O) groups is 2. The number of carbonyl (C=O) groups excluding carboxylic acids is 2. The predicted octanol–water partition coefficient (Wildman–Crippen LogP) is 2.21. The van der Waals surface area contributed by atoms with E-state index in [1.807, 2.05) is 0 Å². The van der Waals surface area contributed by atoms with Gasteiger partial charge in [0.2, 0.25) is 0 Å². The van der Waals surface area contributed by atoms with Crippen molar-refractivity contribution in [1.29, 1.82) is 0 Å². The van der Waals surface area contributed by atoms with Gasteiger partial charge in [-0.15, -0.1) is 18.2 Å². The normalized spacial score (nSPS) is 12.6. The molecule has 0 N–H and O–H groups in total. The summed E-state index contributed by atoms with van der Waals surface area (Å²) in [5, 5.41) is 0. The maximum absolute atomic E-state index is 11.1. The Labute approximate surface area is 84.0 Å². The van der Waals surface area contributed by atoms with Crippen molar-refractivity contribution in [2.75, 3.05) is 5.88 Å². The fraction of sp³-hybridized carbons (Fsp3) is 0.600. The van der Waals surface area contributed by atoms with Crippen molar-refractivity contribution in [3.63, 3.8) is 0 Å². The Morgan fingerprint density at radius 1 is 1.38 bits per heavy atom. The average molecular weight is 203 g/mol. The zero-order valence-electron chi connectivity index (χ0n) is 8.05. The van der Waals surface area contributed by atoms with Gasteiger partial charge in [-0.3, -0.25) is 9.59 Å².